The van der Waals surface area contributed by atoms with E-state index >= 15 is 0 Å². The summed E-state index contributed by atoms with van der Waals surface area (Å²) in [4.78, 5) is 13.8. The molecule has 0 aromatic heterocycles. The van der Waals surface area contributed by atoms with Crippen molar-refractivity contribution in [2.75, 3.05) is 32.8 Å². The lowest BCUT2D eigenvalue weighted by Gasteiger charge is -2.29. The molecule has 0 bridgehead atoms. The number of carbonyl (C=O) groups excluding carboxylic acids is 1. The SMILES string of the molecule is CC(C)(C)OC(=O)N1CCC2(CCOCCN2)C1. The molecule has 2 heterocycles. The smallest absolute Gasteiger partial charge is 0.410 e. The molecule has 1 unspecified atom stereocenters. The lowest BCUT2D eigenvalue weighted by Crippen LogP contribution is -2.48. The highest BCUT2D eigenvalue weighted by atomic mass is 16.6. The first-order valence-corrected chi connectivity index (χ1v) is 6.71. The number of hydrogen-bond donors (Lipinski definition) is 1. The van der Waals surface area contributed by atoms with E-state index in [4.69, 9.17) is 9.47 Å². The lowest BCUT2D eigenvalue weighted by molar-refractivity contribution is 0.0279. The van der Waals surface area contributed by atoms with Crippen molar-refractivity contribution in [1.82, 2.24) is 10.2 Å². The molecule has 2 rings (SSSR count). The second kappa shape index (κ2) is 5.05. The normalized spacial score (nSPS) is 29.4. The number of ether oxygens (including phenoxy) is 2. The number of amides is 1. The van der Waals surface area contributed by atoms with Crippen molar-refractivity contribution >= 4 is 6.09 Å². The average molecular weight is 256 g/mol. The Labute approximate surface area is 109 Å². The molecule has 1 N–H and O–H groups in total. The van der Waals surface area contributed by atoms with Crippen molar-refractivity contribution in [3.8, 4) is 0 Å². The van der Waals surface area contributed by atoms with E-state index in [1.807, 2.05) is 25.7 Å². The summed E-state index contributed by atoms with van der Waals surface area (Å²) in [5.74, 6) is 0. The van der Waals surface area contributed by atoms with E-state index in [0.29, 0.717) is 0 Å². The molecule has 0 aliphatic carbocycles. The number of likely N-dealkylation sites (tertiary alicyclic amines) is 1. The molecule has 0 aromatic carbocycles. The average Bonchev–Trinajstić information content (AvgIpc) is 2.51. The third-order valence-corrected chi connectivity index (χ3v) is 3.48. The van der Waals surface area contributed by atoms with Crippen LogP contribution in [0.25, 0.3) is 0 Å². The van der Waals surface area contributed by atoms with Gasteiger partial charge >= 0.3 is 6.09 Å². The fourth-order valence-electron chi connectivity index (χ4n) is 2.55. The van der Waals surface area contributed by atoms with Crippen LogP contribution in [0.3, 0.4) is 0 Å². The Hall–Kier alpha value is -0.810. The Balaban J connectivity index is 1.92. The molecule has 18 heavy (non-hydrogen) atoms. The molecule has 5 heteroatoms. The minimum absolute atomic E-state index is 0.0351. The zero-order chi connectivity index (χ0) is 13.2. The molecule has 1 atom stereocenters. The van der Waals surface area contributed by atoms with Gasteiger partial charge in [-0.3, -0.25) is 0 Å². The zero-order valence-electron chi connectivity index (χ0n) is 11.6. The fourth-order valence-corrected chi connectivity index (χ4v) is 2.55. The van der Waals surface area contributed by atoms with Crippen LogP contribution >= 0.6 is 0 Å². The van der Waals surface area contributed by atoms with E-state index in [0.717, 1.165) is 45.7 Å². The van der Waals surface area contributed by atoms with E-state index in [2.05, 4.69) is 5.32 Å². The van der Waals surface area contributed by atoms with Gasteiger partial charge in [-0.1, -0.05) is 0 Å². The first-order valence-electron chi connectivity index (χ1n) is 6.71. The molecular formula is C13H24N2O3. The predicted molar refractivity (Wildman–Crippen MR) is 68.6 cm³/mol. The molecule has 2 aliphatic heterocycles. The highest BCUT2D eigenvalue weighted by Crippen LogP contribution is 2.27. The van der Waals surface area contributed by atoms with Gasteiger partial charge in [0.25, 0.3) is 0 Å². The molecule has 0 aromatic rings. The van der Waals surface area contributed by atoms with Crippen LogP contribution in [0.2, 0.25) is 0 Å². The van der Waals surface area contributed by atoms with Gasteiger partial charge < -0.3 is 19.7 Å². The Morgan fingerprint density at radius 1 is 1.33 bits per heavy atom. The maximum absolute atomic E-state index is 12.0. The molecule has 2 aliphatic rings. The first-order chi connectivity index (χ1) is 8.40. The summed E-state index contributed by atoms with van der Waals surface area (Å²) in [6.07, 6.45) is 1.74. The third kappa shape index (κ3) is 3.36. The quantitative estimate of drug-likeness (QED) is 0.711. The summed E-state index contributed by atoms with van der Waals surface area (Å²) in [7, 11) is 0. The summed E-state index contributed by atoms with van der Waals surface area (Å²) < 4.78 is 10.9. The van der Waals surface area contributed by atoms with Crippen molar-refractivity contribution in [2.24, 2.45) is 0 Å². The van der Waals surface area contributed by atoms with Gasteiger partial charge in [0.05, 0.1) is 6.61 Å². The number of rotatable bonds is 0. The van der Waals surface area contributed by atoms with Crippen LogP contribution in [0.5, 0.6) is 0 Å². The van der Waals surface area contributed by atoms with Gasteiger partial charge in [0, 0.05) is 31.8 Å². The van der Waals surface area contributed by atoms with Crippen LogP contribution in [0.1, 0.15) is 33.6 Å². The van der Waals surface area contributed by atoms with Crippen LogP contribution < -0.4 is 5.32 Å². The van der Waals surface area contributed by atoms with Crippen LogP contribution in [0.4, 0.5) is 4.79 Å². The highest BCUT2D eigenvalue weighted by molar-refractivity contribution is 5.68. The van der Waals surface area contributed by atoms with Gasteiger partial charge in [0.2, 0.25) is 0 Å². The second-order valence-electron chi connectivity index (χ2n) is 6.22. The number of carbonyl (C=O) groups is 1. The van der Waals surface area contributed by atoms with Crippen LogP contribution in [-0.4, -0.2) is 55.0 Å². The standard InChI is InChI=1S/C13H24N2O3/c1-12(2,3)18-11(16)15-7-4-13(10-15)5-8-17-9-6-14-13/h14H,4-10H2,1-3H3. The molecule has 0 saturated carbocycles. The molecular weight excluding hydrogens is 232 g/mol. The first kappa shape index (κ1) is 13.6. The van der Waals surface area contributed by atoms with Gasteiger partial charge in [0.1, 0.15) is 5.60 Å². The van der Waals surface area contributed by atoms with Crippen molar-refractivity contribution in [3.63, 3.8) is 0 Å². The summed E-state index contributed by atoms with van der Waals surface area (Å²) >= 11 is 0. The van der Waals surface area contributed by atoms with E-state index in [9.17, 15) is 4.79 Å². The second-order valence-corrected chi connectivity index (χ2v) is 6.22. The zero-order valence-corrected chi connectivity index (χ0v) is 11.6. The molecule has 104 valence electrons. The summed E-state index contributed by atoms with van der Waals surface area (Å²) in [5, 5.41) is 3.53. The highest BCUT2D eigenvalue weighted by Gasteiger charge is 2.41. The van der Waals surface area contributed by atoms with Crippen molar-refractivity contribution in [2.45, 2.75) is 44.8 Å². The molecule has 2 saturated heterocycles. The topological polar surface area (TPSA) is 50.8 Å². The number of hydrogen-bond acceptors (Lipinski definition) is 4. The monoisotopic (exact) mass is 256 g/mol. The van der Waals surface area contributed by atoms with Crippen LogP contribution in [0, 0.1) is 0 Å². The van der Waals surface area contributed by atoms with Gasteiger partial charge in [-0.05, 0) is 33.6 Å². The Bertz CT molecular complexity index is 304. The van der Waals surface area contributed by atoms with Gasteiger partial charge in [-0.2, -0.15) is 0 Å². The molecule has 1 amide bonds. The van der Waals surface area contributed by atoms with Gasteiger partial charge in [0.15, 0.2) is 0 Å². The molecule has 5 nitrogen and oxygen atoms in total. The van der Waals surface area contributed by atoms with Crippen molar-refractivity contribution in [1.29, 1.82) is 0 Å². The minimum atomic E-state index is -0.424. The Morgan fingerprint density at radius 2 is 2.11 bits per heavy atom. The number of nitrogens with zero attached hydrogens (tertiary/aromatic N) is 1. The summed E-state index contributed by atoms with van der Waals surface area (Å²) in [5.41, 5.74) is -0.389. The maximum atomic E-state index is 12.0. The van der Waals surface area contributed by atoms with Crippen molar-refractivity contribution in [3.05, 3.63) is 0 Å². The lowest BCUT2D eigenvalue weighted by atomic mass is 9.95. The Morgan fingerprint density at radius 3 is 2.83 bits per heavy atom. The van der Waals surface area contributed by atoms with Gasteiger partial charge in [-0.25, -0.2) is 4.79 Å². The minimum Gasteiger partial charge on any atom is -0.444 e. The molecule has 2 fully saturated rings. The van der Waals surface area contributed by atoms with Gasteiger partial charge in [-0.15, -0.1) is 0 Å². The van der Waals surface area contributed by atoms with Crippen molar-refractivity contribution < 1.29 is 14.3 Å². The maximum Gasteiger partial charge on any atom is 0.410 e. The fraction of sp³-hybridized carbons (Fsp3) is 0.923. The predicted octanol–water partition coefficient (Wildman–Crippen LogP) is 1.38. The van der Waals surface area contributed by atoms with E-state index in [1.54, 1.807) is 0 Å². The Kier molecular flexibility index (Phi) is 3.82. The van der Waals surface area contributed by atoms with Crippen LogP contribution in [0.15, 0.2) is 0 Å². The molecule has 1 spiro atoms. The van der Waals surface area contributed by atoms with E-state index in [-0.39, 0.29) is 11.6 Å². The molecule has 0 radical (unpaired) electrons. The summed E-state index contributed by atoms with van der Waals surface area (Å²) in [6.45, 7) is 9.58. The van der Waals surface area contributed by atoms with E-state index in [1.165, 1.54) is 0 Å². The summed E-state index contributed by atoms with van der Waals surface area (Å²) in [6, 6.07) is 0. The number of nitrogens with one attached hydrogen (secondary N) is 1. The largest absolute Gasteiger partial charge is 0.444 e. The van der Waals surface area contributed by atoms with Crippen LogP contribution in [-0.2, 0) is 9.47 Å². The third-order valence-electron chi connectivity index (χ3n) is 3.48. The van der Waals surface area contributed by atoms with E-state index < -0.39 is 5.60 Å².